The Labute approximate surface area is 142 Å². The van der Waals surface area contributed by atoms with Crippen LogP contribution in [0.2, 0.25) is 0 Å². The van der Waals surface area contributed by atoms with E-state index >= 15 is 0 Å². The van der Waals surface area contributed by atoms with E-state index in [0.717, 1.165) is 4.68 Å². The molecule has 0 aliphatic rings. The average Bonchev–Trinajstić information content (AvgIpc) is 3.08. The second kappa shape index (κ2) is 5.35. The Balaban J connectivity index is 1.81. The maximum atomic E-state index is 13.8. The summed E-state index contributed by atoms with van der Waals surface area (Å²) in [5.41, 5.74) is -0.528. The van der Waals surface area contributed by atoms with E-state index < -0.39 is 23.4 Å². The van der Waals surface area contributed by atoms with Gasteiger partial charge in [0.15, 0.2) is 0 Å². The largest absolute Gasteiger partial charge is 0.419 e. The highest BCUT2D eigenvalue weighted by Gasteiger charge is 2.35. The lowest BCUT2D eigenvalue weighted by Gasteiger charge is -2.07. The van der Waals surface area contributed by atoms with E-state index in [-0.39, 0.29) is 17.0 Å². The van der Waals surface area contributed by atoms with Crippen LogP contribution in [0.4, 0.5) is 33.6 Å². The van der Waals surface area contributed by atoms with E-state index in [1.54, 1.807) is 0 Å². The van der Waals surface area contributed by atoms with Crippen LogP contribution in [0.25, 0.3) is 21.9 Å². The zero-order chi connectivity index (χ0) is 18.6. The molecule has 10 heteroatoms. The smallest absolute Gasteiger partial charge is 0.359 e. The number of hydrogen-bond donors (Lipinski definition) is 3. The molecule has 0 aliphatic carbocycles. The monoisotopic (exact) mass is 367 g/mol. The molecule has 4 N–H and O–H groups in total. The number of aromatic amines is 1. The van der Waals surface area contributed by atoms with E-state index in [2.05, 4.69) is 15.3 Å². The number of H-pyrrole nitrogens is 1. The minimum absolute atomic E-state index is 0.0241. The Hall–Kier alpha value is -3.30. The van der Waals surface area contributed by atoms with Crippen LogP contribution >= 0.6 is 0 Å². The Morgan fingerprint density at radius 3 is 2.62 bits per heavy atom. The molecule has 0 aliphatic heterocycles. The van der Waals surface area contributed by atoms with Gasteiger partial charge in [0.25, 0.3) is 0 Å². The van der Waals surface area contributed by atoms with Crippen molar-refractivity contribution >= 4 is 33.6 Å². The number of imidazole rings is 1. The summed E-state index contributed by atoms with van der Waals surface area (Å²) < 4.78 is 66.6. The van der Waals surface area contributed by atoms with Crippen LogP contribution in [0, 0.1) is 11.6 Å². The van der Waals surface area contributed by atoms with Crippen molar-refractivity contribution in [3.63, 3.8) is 0 Å². The van der Waals surface area contributed by atoms with Gasteiger partial charge in [-0.1, -0.05) is 0 Å². The van der Waals surface area contributed by atoms with Gasteiger partial charge in [-0.15, -0.1) is 0 Å². The van der Waals surface area contributed by atoms with Crippen molar-refractivity contribution in [3.05, 3.63) is 53.7 Å². The highest BCUT2D eigenvalue weighted by atomic mass is 19.4. The number of anilines is 2. The topological polar surface area (TPSA) is 71.7 Å². The van der Waals surface area contributed by atoms with Crippen molar-refractivity contribution in [3.8, 4) is 0 Å². The van der Waals surface area contributed by atoms with Crippen molar-refractivity contribution < 1.29 is 22.0 Å². The van der Waals surface area contributed by atoms with Crippen LogP contribution in [0.3, 0.4) is 0 Å². The van der Waals surface area contributed by atoms with Crippen molar-refractivity contribution in [1.82, 2.24) is 14.6 Å². The summed E-state index contributed by atoms with van der Waals surface area (Å²) in [7, 11) is 0. The molecule has 0 bridgehead atoms. The lowest BCUT2D eigenvalue weighted by molar-refractivity contribution is -0.139. The number of aromatic nitrogens is 3. The summed E-state index contributed by atoms with van der Waals surface area (Å²) in [6, 6.07) is 5.35. The molecule has 0 saturated heterocycles. The molecule has 5 nitrogen and oxygen atoms in total. The lowest BCUT2D eigenvalue weighted by atomic mass is 10.2. The van der Waals surface area contributed by atoms with Gasteiger partial charge in [0.2, 0.25) is 5.95 Å². The van der Waals surface area contributed by atoms with Gasteiger partial charge < -0.3 is 16.1 Å². The first-order chi connectivity index (χ1) is 12.2. The number of fused-ring (bicyclic) bond motifs is 2. The van der Waals surface area contributed by atoms with Crippen LogP contribution < -0.4 is 11.2 Å². The zero-order valence-corrected chi connectivity index (χ0v) is 12.8. The summed E-state index contributed by atoms with van der Waals surface area (Å²) in [6.45, 7) is 0. The van der Waals surface area contributed by atoms with E-state index in [1.807, 2.05) is 0 Å². The average molecular weight is 367 g/mol. The summed E-state index contributed by atoms with van der Waals surface area (Å²) in [5, 5.41) is 3.31. The van der Waals surface area contributed by atoms with E-state index in [4.69, 9.17) is 5.84 Å². The molecular formula is C16H10F5N5. The number of nitrogen functional groups attached to an aromatic ring is 1. The molecule has 0 atom stereocenters. The first-order valence-corrected chi connectivity index (χ1v) is 7.32. The van der Waals surface area contributed by atoms with Gasteiger partial charge in [-0.2, -0.15) is 13.2 Å². The highest BCUT2D eigenvalue weighted by molar-refractivity contribution is 5.94. The van der Waals surface area contributed by atoms with Crippen molar-refractivity contribution in [2.45, 2.75) is 6.18 Å². The molecule has 0 unspecified atom stereocenters. The molecular weight excluding hydrogens is 357 g/mol. The molecule has 0 spiro atoms. The maximum Gasteiger partial charge on any atom is 0.419 e. The normalized spacial score (nSPS) is 12.2. The van der Waals surface area contributed by atoms with Gasteiger partial charge in [0.1, 0.15) is 11.6 Å². The van der Waals surface area contributed by atoms with E-state index in [1.165, 1.54) is 24.4 Å². The molecule has 2 heterocycles. The van der Waals surface area contributed by atoms with Crippen molar-refractivity contribution in [1.29, 1.82) is 0 Å². The number of benzene rings is 2. The molecule has 26 heavy (non-hydrogen) atoms. The number of rotatable bonds is 2. The fraction of sp³-hybridized carbons (Fsp3) is 0.0625. The van der Waals surface area contributed by atoms with E-state index in [0.29, 0.717) is 28.7 Å². The fourth-order valence-corrected chi connectivity index (χ4v) is 2.74. The summed E-state index contributed by atoms with van der Waals surface area (Å²) in [4.78, 5) is 6.90. The number of alkyl halides is 3. The third-order valence-corrected chi connectivity index (χ3v) is 3.97. The SMILES string of the molecule is Nn1c(Nc2c[nH]c3ccc(F)cc23)nc2cc(C(F)(F)F)c(F)cc21. The Kier molecular flexibility index (Phi) is 3.33. The molecule has 134 valence electrons. The zero-order valence-electron chi connectivity index (χ0n) is 12.8. The molecule has 2 aromatic carbocycles. The first-order valence-electron chi connectivity index (χ1n) is 7.32. The quantitative estimate of drug-likeness (QED) is 0.366. The maximum absolute atomic E-state index is 13.8. The second-order valence-corrected chi connectivity index (χ2v) is 5.64. The van der Waals surface area contributed by atoms with Crippen LogP contribution in [0.15, 0.2) is 36.5 Å². The van der Waals surface area contributed by atoms with Crippen LogP contribution in [0.5, 0.6) is 0 Å². The second-order valence-electron chi connectivity index (χ2n) is 5.64. The standard InChI is InChI=1S/C16H10F5N5/c17-7-1-2-11-8(3-7)13(6-23-11)25-15-24-12-4-9(16(19,20)21)10(18)5-14(12)26(15)22/h1-6,23H,22H2,(H,24,25). The predicted octanol–water partition coefficient (Wildman–Crippen LogP) is 4.27. The van der Waals surface area contributed by atoms with Crippen molar-refractivity contribution in [2.24, 2.45) is 0 Å². The Morgan fingerprint density at radius 1 is 1.12 bits per heavy atom. The lowest BCUT2D eigenvalue weighted by Crippen LogP contribution is -2.12. The number of halogens is 5. The van der Waals surface area contributed by atoms with Gasteiger partial charge in [-0.05, 0) is 24.3 Å². The molecule has 0 amide bonds. The van der Waals surface area contributed by atoms with Crippen LogP contribution in [0.1, 0.15) is 5.56 Å². The first kappa shape index (κ1) is 16.2. The van der Waals surface area contributed by atoms with Gasteiger partial charge in [0, 0.05) is 23.2 Å². The number of nitrogens with two attached hydrogens (primary N) is 1. The molecule has 0 radical (unpaired) electrons. The van der Waals surface area contributed by atoms with Crippen LogP contribution in [-0.4, -0.2) is 14.6 Å². The molecule has 0 fully saturated rings. The fourth-order valence-electron chi connectivity index (χ4n) is 2.74. The highest BCUT2D eigenvalue weighted by Crippen LogP contribution is 2.34. The van der Waals surface area contributed by atoms with Crippen LogP contribution in [-0.2, 0) is 6.18 Å². The Morgan fingerprint density at radius 2 is 1.88 bits per heavy atom. The number of nitrogens with one attached hydrogen (secondary N) is 2. The predicted molar refractivity (Wildman–Crippen MR) is 86.4 cm³/mol. The van der Waals surface area contributed by atoms with Gasteiger partial charge in [-0.25, -0.2) is 18.4 Å². The molecule has 4 aromatic rings. The van der Waals surface area contributed by atoms with Crippen molar-refractivity contribution in [2.75, 3.05) is 11.2 Å². The third-order valence-electron chi connectivity index (χ3n) is 3.97. The Bertz CT molecular complexity index is 1140. The summed E-state index contributed by atoms with van der Waals surface area (Å²) in [5.74, 6) is 3.89. The van der Waals surface area contributed by atoms with Gasteiger partial charge >= 0.3 is 6.18 Å². The van der Waals surface area contributed by atoms with Gasteiger partial charge in [-0.3, -0.25) is 0 Å². The minimum atomic E-state index is -4.85. The number of hydrogen-bond acceptors (Lipinski definition) is 3. The van der Waals surface area contributed by atoms with Gasteiger partial charge in [0.05, 0.1) is 22.3 Å². The summed E-state index contributed by atoms with van der Waals surface area (Å²) in [6.07, 6.45) is -3.32. The molecule has 4 rings (SSSR count). The van der Waals surface area contributed by atoms with E-state index in [9.17, 15) is 22.0 Å². The summed E-state index contributed by atoms with van der Waals surface area (Å²) >= 11 is 0. The molecule has 0 saturated carbocycles. The molecule has 2 aromatic heterocycles. The third kappa shape index (κ3) is 2.50. The minimum Gasteiger partial charge on any atom is -0.359 e. The number of nitrogens with zero attached hydrogens (tertiary/aromatic N) is 2.